The number of piperazine rings is 1. The average Bonchev–Trinajstić information content (AvgIpc) is 3.33. The van der Waals surface area contributed by atoms with E-state index in [1.54, 1.807) is 16.2 Å². The van der Waals surface area contributed by atoms with Crippen LogP contribution < -0.4 is 4.90 Å². The quantitative estimate of drug-likeness (QED) is 0.712. The number of fused-ring (bicyclic) bond motifs is 3. The van der Waals surface area contributed by atoms with Crippen molar-refractivity contribution in [1.82, 2.24) is 5.01 Å². The summed E-state index contributed by atoms with van der Waals surface area (Å²) < 4.78 is 0. The molecule has 1 aliphatic carbocycles. The largest absolute Gasteiger partial charge is 0.322 e. The zero-order valence-electron chi connectivity index (χ0n) is 14.6. The highest BCUT2D eigenvalue weighted by molar-refractivity contribution is 7.11. The molecule has 3 nitrogen and oxygen atoms in total. The third kappa shape index (κ3) is 2.75. The van der Waals surface area contributed by atoms with Crippen molar-refractivity contribution in [1.29, 1.82) is 0 Å². The van der Waals surface area contributed by atoms with Crippen LogP contribution in [-0.4, -0.2) is 37.4 Å². The van der Waals surface area contributed by atoms with Crippen LogP contribution in [0, 0.1) is 0 Å². The van der Waals surface area contributed by atoms with E-state index in [1.807, 2.05) is 6.21 Å². The van der Waals surface area contributed by atoms with E-state index in [4.69, 9.17) is 0 Å². The monoisotopic (exact) mass is 360 g/mol. The summed E-state index contributed by atoms with van der Waals surface area (Å²) in [6, 6.07) is 22.5. The summed E-state index contributed by atoms with van der Waals surface area (Å²) in [5.74, 6) is 0. The van der Waals surface area contributed by atoms with Crippen LogP contribution in [0.4, 0.5) is 0 Å². The number of thiophene rings is 1. The molecular weight excluding hydrogens is 338 g/mol. The zero-order valence-corrected chi connectivity index (χ0v) is 15.5. The lowest BCUT2D eigenvalue weighted by atomic mass is 10.0. The molecule has 1 aromatic heterocycles. The van der Waals surface area contributed by atoms with Crippen LogP contribution in [0.5, 0.6) is 0 Å². The lowest BCUT2D eigenvalue weighted by Crippen LogP contribution is -3.14. The molecule has 0 amide bonds. The molecule has 1 fully saturated rings. The van der Waals surface area contributed by atoms with Gasteiger partial charge < -0.3 is 4.90 Å². The molecule has 0 atom stereocenters. The van der Waals surface area contributed by atoms with Gasteiger partial charge in [-0.1, -0.05) is 54.6 Å². The van der Waals surface area contributed by atoms with E-state index in [0.29, 0.717) is 6.04 Å². The Morgan fingerprint density at radius 3 is 2.15 bits per heavy atom. The molecule has 26 heavy (non-hydrogen) atoms. The molecule has 1 N–H and O–H groups in total. The molecule has 4 heteroatoms. The van der Waals surface area contributed by atoms with Crippen LogP contribution in [0.2, 0.25) is 0 Å². The molecule has 2 heterocycles. The molecule has 1 aliphatic heterocycles. The normalized spacial score (nSPS) is 17.6. The van der Waals surface area contributed by atoms with Crippen LogP contribution in [0.3, 0.4) is 0 Å². The molecule has 0 unspecified atom stereocenters. The van der Waals surface area contributed by atoms with Gasteiger partial charge in [0.2, 0.25) is 0 Å². The number of hydrogen-bond acceptors (Lipinski definition) is 3. The highest BCUT2D eigenvalue weighted by Gasteiger charge is 2.37. The van der Waals surface area contributed by atoms with Crippen molar-refractivity contribution in [2.45, 2.75) is 6.04 Å². The molecule has 0 radical (unpaired) electrons. The minimum atomic E-state index is 0.464. The Hall–Kier alpha value is -2.43. The van der Waals surface area contributed by atoms with E-state index in [1.165, 1.54) is 27.1 Å². The van der Waals surface area contributed by atoms with Gasteiger partial charge >= 0.3 is 0 Å². The fourth-order valence-electron chi connectivity index (χ4n) is 4.28. The lowest BCUT2D eigenvalue weighted by molar-refractivity contribution is -0.929. The molecule has 3 aromatic rings. The average molecular weight is 361 g/mol. The molecular formula is C22H22N3S+. The van der Waals surface area contributed by atoms with Gasteiger partial charge in [0, 0.05) is 16.0 Å². The summed E-state index contributed by atoms with van der Waals surface area (Å²) in [6.07, 6.45) is 2.00. The highest BCUT2D eigenvalue weighted by atomic mass is 32.1. The Kier molecular flexibility index (Phi) is 4.07. The van der Waals surface area contributed by atoms with E-state index in [9.17, 15) is 0 Å². The number of nitrogens with zero attached hydrogens (tertiary/aromatic N) is 2. The third-order valence-corrected chi connectivity index (χ3v) is 6.32. The topological polar surface area (TPSA) is 20.0 Å². The van der Waals surface area contributed by atoms with E-state index < -0.39 is 0 Å². The number of quaternary nitrogens is 1. The Morgan fingerprint density at radius 1 is 0.885 bits per heavy atom. The molecule has 1 saturated heterocycles. The molecule has 2 aromatic carbocycles. The van der Waals surface area contributed by atoms with Crippen LogP contribution in [-0.2, 0) is 0 Å². The Morgan fingerprint density at radius 2 is 1.54 bits per heavy atom. The first-order chi connectivity index (χ1) is 12.9. The van der Waals surface area contributed by atoms with Crippen molar-refractivity contribution in [3.63, 3.8) is 0 Å². The smallest absolute Gasteiger partial charge is 0.140 e. The van der Waals surface area contributed by atoms with Crippen LogP contribution in [0.25, 0.3) is 11.1 Å². The standard InChI is InChI=1S/C22H21N3S/c1-3-9-20-18(7-1)19-8-2-4-10-21(19)22(20)24-11-13-25(14-12-24)23-16-17-6-5-15-26-17/h1-10,15-16,22H,11-14H2/p+1/b23-16+. The van der Waals surface area contributed by atoms with Crippen molar-refractivity contribution in [2.24, 2.45) is 5.10 Å². The number of rotatable bonds is 3. The predicted molar refractivity (Wildman–Crippen MR) is 108 cm³/mol. The predicted octanol–water partition coefficient (Wildman–Crippen LogP) is 3.05. The van der Waals surface area contributed by atoms with Crippen LogP contribution in [0.1, 0.15) is 22.0 Å². The third-order valence-electron chi connectivity index (χ3n) is 5.52. The van der Waals surface area contributed by atoms with Gasteiger partial charge in [-0.2, -0.15) is 5.10 Å². The maximum atomic E-state index is 4.68. The number of hydrazone groups is 1. The molecule has 0 spiro atoms. The first-order valence-corrected chi connectivity index (χ1v) is 10.1. The summed E-state index contributed by atoms with van der Waals surface area (Å²) in [4.78, 5) is 2.88. The van der Waals surface area contributed by atoms with Crippen molar-refractivity contribution in [3.05, 3.63) is 82.0 Å². The van der Waals surface area contributed by atoms with Crippen molar-refractivity contribution < 1.29 is 4.90 Å². The second-order valence-electron chi connectivity index (χ2n) is 6.98. The Bertz CT molecular complexity index is 879. The minimum Gasteiger partial charge on any atom is -0.322 e. The maximum absolute atomic E-state index is 4.68. The van der Waals surface area contributed by atoms with E-state index in [0.717, 1.165) is 26.2 Å². The first kappa shape index (κ1) is 15.8. The zero-order chi connectivity index (χ0) is 17.3. The number of nitrogens with one attached hydrogen (secondary N) is 1. The summed E-state index contributed by atoms with van der Waals surface area (Å²) in [5.41, 5.74) is 5.80. The minimum absolute atomic E-state index is 0.464. The fourth-order valence-corrected chi connectivity index (χ4v) is 4.86. The first-order valence-electron chi connectivity index (χ1n) is 9.25. The van der Waals surface area contributed by atoms with E-state index in [2.05, 4.69) is 76.2 Å². The van der Waals surface area contributed by atoms with Crippen molar-refractivity contribution >= 4 is 17.6 Å². The number of benzene rings is 2. The van der Waals surface area contributed by atoms with Gasteiger partial charge in [0.05, 0.1) is 32.4 Å². The fraction of sp³-hybridized carbons (Fsp3) is 0.227. The SMILES string of the molecule is C(=N\N1CC[NH+](C2c3ccccc3-c3ccccc32)CC1)/c1cccs1. The Balaban J connectivity index is 1.35. The molecule has 5 rings (SSSR count). The lowest BCUT2D eigenvalue weighted by Gasteiger charge is -2.34. The van der Waals surface area contributed by atoms with Gasteiger partial charge in [-0.25, -0.2) is 0 Å². The van der Waals surface area contributed by atoms with Gasteiger partial charge in [0.15, 0.2) is 0 Å². The summed E-state index contributed by atoms with van der Waals surface area (Å²) in [7, 11) is 0. The molecule has 0 bridgehead atoms. The van der Waals surface area contributed by atoms with Crippen LogP contribution in [0.15, 0.2) is 71.1 Å². The molecule has 130 valence electrons. The highest BCUT2D eigenvalue weighted by Crippen LogP contribution is 2.41. The summed E-state index contributed by atoms with van der Waals surface area (Å²) >= 11 is 1.74. The molecule has 2 aliphatic rings. The van der Waals surface area contributed by atoms with Crippen molar-refractivity contribution in [3.8, 4) is 11.1 Å². The summed E-state index contributed by atoms with van der Waals surface area (Å²) in [5, 5.41) is 8.99. The van der Waals surface area contributed by atoms with E-state index in [-0.39, 0.29) is 0 Å². The van der Waals surface area contributed by atoms with Gasteiger partial charge in [0.25, 0.3) is 0 Å². The second kappa shape index (κ2) is 6.71. The maximum Gasteiger partial charge on any atom is 0.140 e. The van der Waals surface area contributed by atoms with Crippen LogP contribution >= 0.6 is 11.3 Å². The van der Waals surface area contributed by atoms with E-state index >= 15 is 0 Å². The van der Waals surface area contributed by atoms with Crippen molar-refractivity contribution in [2.75, 3.05) is 26.2 Å². The number of hydrogen-bond donors (Lipinski definition) is 1. The van der Waals surface area contributed by atoms with Gasteiger partial charge in [-0.3, -0.25) is 5.01 Å². The molecule has 0 saturated carbocycles. The Labute approximate surface area is 158 Å². The van der Waals surface area contributed by atoms with Gasteiger partial charge in [-0.15, -0.1) is 11.3 Å². The second-order valence-corrected chi connectivity index (χ2v) is 7.96. The van der Waals surface area contributed by atoms with Gasteiger partial charge in [-0.05, 0) is 22.6 Å². The summed E-state index contributed by atoms with van der Waals surface area (Å²) in [6.45, 7) is 4.26. The van der Waals surface area contributed by atoms with Gasteiger partial charge in [0.1, 0.15) is 6.04 Å².